The predicted octanol–water partition coefficient (Wildman–Crippen LogP) is 2.89. The summed E-state index contributed by atoms with van der Waals surface area (Å²) in [6, 6.07) is 1.78. The number of hydrogen-bond acceptors (Lipinski definition) is 5. The number of aliphatic carboxylic acids is 1. The summed E-state index contributed by atoms with van der Waals surface area (Å²) in [5.41, 5.74) is 0.337. The van der Waals surface area contributed by atoms with Gasteiger partial charge < -0.3 is 24.1 Å². The fourth-order valence-electron chi connectivity index (χ4n) is 6.42. The first-order valence-electron chi connectivity index (χ1n) is 9.40. The number of furan rings is 1. The minimum absolute atomic E-state index is 0.0313. The third-order valence-electron chi connectivity index (χ3n) is 7.56. The number of allylic oxidation sites excluding steroid dienone is 1. The molecule has 1 saturated carbocycles. The van der Waals surface area contributed by atoms with Crippen LogP contribution in [0.1, 0.15) is 44.3 Å². The summed E-state index contributed by atoms with van der Waals surface area (Å²) in [6.45, 7) is 2.57. The van der Waals surface area contributed by atoms with E-state index in [1.807, 2.05) is 6.08 Å². The second-order valence-electron chi connectivity index (χ2n) is 8.41. The Balaban J connectivity index is 1.60. The number of rotatable bonds is 4. The zero-order valence-electron chi connectivity index (χ0n) is 14.8. The highest BCUT2D eigenvalue weighted by Crippen LogP contribution is 2.71. The maximum absolute atomic E-state index is 12.0. The largest absolute Gasteiger partial charge is 0.478 e. The van der Waals surface area contributed by atoms with Gasteiger partial charge in [0.05, 0.1) is 31.3 Å². The van der Waals surface area contributed by atoms with Crippen LogP contribution in [0.3, 0.4) is 0 Å². The van der Waals surface area contributed by atoms with E-state index in [1.165, 1.54) is 0 Å². The summed E-state index contributed by atoms with van der Waals surface area (Å²) in [6.07, 6.45) is 6.76. The molecule has 26 heavy (non-hydrogen) atoms. The van der Waals surface area contributed by atoms with E-state index in [4.69, 9.17) is 13.9 Å². The molecule has 2 aliphatic heterocycles. The van der Waals surface area contributed by atoms with Crippen LogP contribution in [0.15, 0.2) is 34.7 Å². The summed E-state index contributed by atoms with van der Waals surface area (Å²) in [7, 11) is 0. The van der Waals surface area contributed by atoms with Gasteiger partial charge in [-0.1, -0.05) is 13.0 Å². The van der Waals surface area contributed by atoms with Crippen LogP contribution in [-0.4, -0.2) is 35.2 Å². The van der Waals surface area contributed by atoms with Gasteiger partial charge in [0.1, 0.15) is 0 Å². The first-order valence-corrected chi connectivity index (χ1v) is 9.40. The molecule has 0 spiro atoms. The lowest BCUT2D eigenvalue weighted by molar-refractivity contribution is -0.246. The molecule has 4 aliphatic rings. The minimum Gasteiger partial charge on any atom is -0.478 e. The molecule has 0 radical (unpaired) electrons. The number of ether oxygens (including phenoxy) is 2. The Morgan fingerprint density at radius 3 is 3.04 bits per heavy atom. The molecular formula is C20H24O6. The average molecular weight is 360 g/mol. The Morgan fingerprint density at radius 1 is 1.46 bits per heavy atom. The molecule has 3 fully saturated rings. The van der Waals surface area contributed by atoms with Crippen LogP contribution < -0.4 is 0 Å². The van der Waals surface area contributed by atoms with Crippen LogP contribution in [0.4, 0.5) is 0 Å². The highest BCUT2D eigenvalue weighted by molar-refractivity contribution is 5.88. The molecule has 0 aromatic carbocycles. The lowest BCUT2D eigenvalue weighted by Gasteiger charge is -2.60. The van der Waals surface area contributed by atoms with Gasteiger partial charge in [0.2, 0.25) is 0 Å². The zero-order chi connectivity index (χ0) is 18.1. The van der Waals surface area contributed by atoms with Crippen molar-refractivity contribution in [1.29, 1.82) is 0 Å². The van der Waals surface area contributed by atoms with E-state index in [0.29, 0.717) is 25.0 Å². The predicted molar refractivity (Wildman–Crippen MR) is 90.0 cm³/mol. The summed E-state index contributed by atoms with van der Waals surface area (Å²) in [5, 5.41) is 20.7. The summed E-state index contributed by atoms with van der Waals surface area (Å²) in [5.74, 6) is -0.503. The van der Waals surface area contributed by atoms with Gasteiger partial charge in [-0.25, -0.2) is 4.79 Å². The molecule has 1 aromatic rings. The number of carboxylic acid groups (broad SMARTS) is 1. The topological polar surface area (TPSA) is 89.1 Å². The molecule has 6 heteroatoms. The molecule has 0 amide bonds. The molecule has 3 bridgehead atoms. The molecule has 2 unspecified atom stereocenters. The number of hydrogen-bond donors (Lipinski definition) is 2. The fraction of sp³-hybridized carbons (Fsp3) is 0.650. The monoisotopic (exact) mass is 360 g/mol. The second kappa shape index (κ2) is 5.44. The van der Waals surface area contributed by atoms with Crippen LogP contribution in [-0.2, 0) is 14.3 Å². The van der Waals surface area contributed by atoms with E-state index in [2.05, 4.69) is 6.92 Å². The van der Waals surface area contributed by atoms with Crippen LogP contribution in [0.5, 0.6) is 0 Å². The number of carbonyl (C=O) groups is 1. The standard InChI is InChI=1S/C20H24O6/c1-11-15-8-19-10-25-18(26-15)20(11,7-14(21)12-5-6-24-9-12)16(19)4-2-3-13(19)17(22)23/h3,5-6,9,11,14-16,18,21H,2,4,7-8,10H2,1H3,(H,22,23)/t11-,14?,15-,16+,18?,19-,20-/m1/s1. The number of aliphatic hydroxyl groups is 1. The summed E-state index contributed by atoms with van der Waals surface area (Å²) >= 11 is 0. The molecular weight excluding hydrogens is 336 g/mol. The van der Waals surface area contributed by atoms with Crippen LogP contribution in [0, 0.1) is 22.7 Å². The van der Waals surface area contributed by atoms with Crippen molar-refractivity contribution in [1.82, 2.24) is 0 Å². The minimum atomic E-state index is -0.851. The van der Waals surface area contributed by atoms with Gasteiger partial charge in [-0.3, -0.25) is 0 Å². The van der Waals surface area contributed by atoms with E-state index in [0.717, 1.165) is 18.4 Å². The summed E-state index contributed by atoms with van der Waals surface area (Å²) in [4.78, 5) is 12.0. The van der Waals surface area contributed by atoms with Crippen LogP contribution in [0.25, 0.3) is 0 Å². The Labute approximate surface area is 151 Å². The van der Waals surface area contributed by atoms with Gasteiger partial charge in [0, 0.05) is 22.0 Å². The number of carboxylic acids is 1. The zero-order valence-corrected chi connectivity index (χ0v) is 14.8. The van der Waals surface area contributed by atoms with Crippen molar-refractivity contribution < 1.29 is 28.9 Å². The highest BCUT2D eigenvalue weighted by atomic mass is 16.7. The first kappa shape index (κ1) is 16.5. The first-order chi connectivity index (χ1) is 12.5. The Morgan fingerprint density at radius 2 is 2.31 bits per heavy atom. The quantitative estimate of drug-likeness (QED) is 0.858. The molecule has 2 aliphatic carbocycles. The van der Waals surface area contributed by atoms with Crippen molar-refractivity contribution in [3.63, 3.8) is 0 Å². The van der Waals surface area contributed by atoms with Crippen molar-refractivity contribution in [2.24, 2.45) is 22.7 Å². The molecule has 140 valence electrons. The number of aliphatic hydroxyl groups excluding tert-OH is 1. The van der Waals surface area contributed by atoms with E-state index in [-0.39, 0.29) is 29.6 Å². The third-order valence-corrected chi connectivity index (χ3v) is 7.56. The van der Waals surface area contributed by atoms with Gasteiger partial charge in [0.15, 0.2) is 6.29 Å². The Bertz CT molecular complexity index is 754. The Hall–Kier alpha value is -1.63. The van der Waals surface area contributed by atoms with Crippen molar-refractivity contribution >= 4 is 5.97 Å². The van der Waals surface area contributed by atoms with Gasteiger partial charge in [0.25, 0.3) is 0 Å². The third kappa shape index (κ3) is 1.90. The van der Waals surface area contributed by atoms with E-state index < -0.39 is 17.5 Å². The van der Waals surface area contributed by atoms with Gasteiger partial charge in [-0.15, -0.1) is 0 Å². The maximum atomic E-state index is 12.0. The molecule has 6 nitrogen and oxygen atoms in total. The summed E-state index contributed by atoms with van der Waals surface area (Å²) < 4.78 is 17.5. The van der Waals surface area contributed by atoms with Gasteiger partial charge in [-0.2, -0.15) is 0 Å². The molecule has 1 aromatic heterocycles. The van der Waals surface area contributed by atoms with E-state index in [1.54, 1.807) is 18.6 Å². The van der Waals surface area contributed by atoms with Crippen molar-refractivity contribution in [2.75, 3.05) is 6.61 Å². The van der Waals surface area contributed by atoms with Crippen molar-refractivity contribution in [2.45, 2.75) is 51.1 Å². The van der Waals surface area contributed by atoms with E-state index >= 15 is 0 Å². The van der Waals surface area contributed by atoms with Crippen LogP contribution >= 0.6 is 0 Å². The Kier molecular flexibility index (Phi) is 3.46. The van der Waals surface area contributed by atoms with Crippen LogP contribution in [0.2, 0.25) is 0 Å². The smallest absolute Gasteiger partial charge is 0.331 e. The SMILES string of the molecule is C[C@@H]1[C@H]2C[C@]34COC(O2)[C@@]1(CC(O)c1ccoc1)[C@H]3CCC=C4C(=O)O. The lowest BCUT2D eigenvalue weighted by atomic mass is 9.44. The number of fused-ring (bicyclic) bond motifs is 1. The molecule has 3 heterocycles. The maximum Gasteiger partial charge on any atom is 0.331 e. The highest BCUT2D eigenvalue weighted by Gasteiger charge is 2.73. The van der Waals surface area contributed by atoms with Crippen molar-refractivity contribution in [3.8, 4) is 0 Å². The van der Waals surface area contributed by atoms with E-state index in [9.17, 15) is 15.0 Å². The normalized spacial score (nSPS) is 44.5. The molecule has 2 N–H and O–H groups in total. The lowest BCUT2D eigenvalue weighted by Crippen LogP contribution is -2.62. The molecule has 5 rings (SSSR count). The van der Waals surface area contributed by atoms with Gasteiger partial charge in [-0.05, 0) is 43.6 Å². The molecule has 7 atom stereocenters. The van der Waals surface area contributed by atoms with Crippen molar-refractivity contribution in [3.05, 3.63) is 35.8 Å². The fourth-order valence-corrected chi connectivity index (χ4v) is 6.42. The molecule has 2 saturated heterocycles. The average Bonchev–Trinajstić information content (AvgIpc) is 3.15. The second-order valence-corrected chi connectivity index (χ2v) is 8.41. The van der Waals surface area contributed by atoms with Gasteiger partial charge >= 0.3 is 5.97 Å².